The van der Waals surface area contributed by atoms with Crippen molar-refractivity contribution in [2.24, 2.45) is 0 Å². The number of likely N-dealkylation sites (N-methyl/N-ethyl adjacent to an activating group) is 1. The molecule has 0 aliphatic heterocycles. The number of nitrogens with one attached hydrogen (secondary N) is 2. The van der Waals surface area contributed by atoms with Crippen molar-refractivity contribution in [3.8, 4) is 11.5 Å². The highest BCUT2D eigenvalue weighted by Gasteiger charge is 2.22. The Morgan fingerprint density at radius 1 is 1.07 bits per heavy atom. The van der Waals surface area contributed by atoms with Gasteiger partial charge in [0.05, 0.1) is 20.8 Å². The van der Waals surface area contributed by atoms with Crippen molar-refractivity contribution in [2.75, 3.05) is 26.1 Å². The molecule has 0 heterocycles. The molecule has 5 nitrogen and oxygen atoms in total. The average molecular weight is 372 g/mol. The molecular formula is C22H31N2O3+. The van der Waals surface area contributed by atoms with Crippen LogP contribution >= 0.6 is 0 Å². The number of carbonyl (C=O) groups excluding carboxylic acids is 1. The van der Waals surface area contributed by atoms with Crippen molar-refractivity contribution in [3.63, 3.8) is 0 Å². The van der Waals surface area contributed by atoms with Gasteiger partial charge in [-0.3, -0.25) is 4.79 Å². The molecule has 0 aliphatic rings. The number of hydrogen-bond donors (Lipinski definition) is 2. The number of amides is 1. The van der Waals surface area contributed by atoms with Gasteiger partial charge in [-0.2, -0.15) is 0 Å². The highest BCUT2D eigenvalue weighted by molar-refractivity contribution is 5.93. The Morgan fingerprint density at radius 2 is 1.74 bits per heavy atom. The average Bonchev–Trinajstić information content (AvgIpc) is 2.69. The van der Waals surface area contributed by atoms with E-state index in [2.05, 4.69) is 12.2 Å². The summed E-state index contributed by atoms with van der Waals surface area (Å²) in [6.07, 6.45) is 0.989. The first-order chi connectivity index (χ1) is 13.0. The van der Waals surface area contributed by atoms with Gasteiger partial charge < -0.3 is 19.7 Å². The van der Waals surface area contributed by atoms with Gasteiger partial charge in [-0.1, -0.05) is 19.1 Å². The van der Waals surface area contributed by atoms with Crippen LogP contribution in [0.15, 0.2) is 42.5 Å². The lowest BCUT2D eigenvalue weighted by molar-refractivity contribution is -0.907. The predicted molar refractivity (Wildman–Crippen MR) is 109 cm³/mol. The first kappa shape index (κ1) is 20.8. The van der Waals surface area contributed by atoms with Gasteiger partial charge in [0.15, 0.2) is 17.5 Å². The molecule has 0 bridgehead atoms. The predicted octanol–water partition coefficient (Wildman–Crippen LogP) is 2.70. The Kier molecular flexibility index (Phi) is 7.67. The summed E-state index contributed by atoms with van der Waals surface area (Å²) in [5.41, 5.74) is 3.19. The van der Waals surface area contributed by atoms with Gasteiger partial charge in [-0.25, -0.2) is 0 Å². The largest absolute Gasteiger partial charge is 0.493 e. The van der Waals surface area contributed by atoms with Crippen LogP contribution in [0.5, 0.6) is 11.5 Å². The summed E-state index contributed by atoms with van der Waals surface area (Å²) in [6, 6.07) is 13.7. The number of anilines is 1. The summed E-state index contributed by atoms with van der Waals surface area (Å²) in [5.74, 6) is 1.47. The Bertz CT molecular complexity index is 744. The second-order valence-electron chi connectivity index (χ2n) is 6.70. The highest BCUT2D eigenvalue weighted by Crippen LogP contribution is 2.27. The number of ether oxygens (including phenoxy) is 2. The molecule has 0 fully saturated rings. The van der Waals surface area contributed by atoms with E-state index < -0.39 is 0 Å². The molecule has 0 spiro atoms. The Balaban J connectivity index is 1.99. The minimum atomic E-state index is -0.187. The number of benzene rings is 2. The van der Waals surface area contributed by atoms with Crippen LogP contribution in [0.3, 0.4) is 0 Å². The SMILES string of the molecule is CCOc1ccc(C[NH+](C)[C@H](C)C(=O)Nc2ccc(CC)cc2)cc1OC. The number of aryl methyl sites for hydroxylation is 1. The van der Waals surface area contributed by atoms with E-state index in [4.69, 9.17) is 9.47 Å². The van der Waals surface area contributed by atoms with E-state index in [1.54, 1.807) is 7.11 Å². The molecule has 0 aromatic heterocycles. The van der Waals surface area contributed by atoms with Crippen LogP contribution in [0.4, 0.5) is 5.69 Å². The fourth-order valence-electron chi connectivity index (χ4n) is 2.87. The van der Waals surface area contributed by atoms with Gasteiger partial charge in [0.1, 0.15) is 6.54 Å². The van der Waals surface area contributed by atoms with E-state index in [1.807, 2.05) is 63.4 Å². The topological polar surface area (TPSA) is 52.0 Å². The molecule has 27 heavy (non-hydrogen) atoms. The number of hydrogen-bond acceptors (Lipinski definition) is 3. The van der Waals surface area contributed by atoms with Gasteiger partial charge in [-0.05, 0) is 56.2 Å². The van der Waals surface area contributed by atoms with Crippen LogP contribution in [-0.4, -0.2) is 32.7 Å². The highest BCUT2D eigenvalue weighted by atomic mass is 16.5. The van der Waals surface area contributed by atoms with Crippen molar-refractivity contribution >= 4 is 11.6 Å². The molecule has 0 saturated carbocycles. The first-order valence-corrected chi connectivity index (χ1v) is 9.50. The lowest BCUT2D eigenvalue weighted by Crippen LogP contribution is -3.12. The number of rotatable bonds is 9. The fraction of sp³-hybridized carbons (Fsp3) is 0.409. The van der Waals surface area contributed by atoms with Crippen LogP contribution in [0, 0.1) is 0 Å². The zero-order valence-electron chi connectivity index (χ0n) is 17.0. The smallest absolute Gasteiger partial charge is 0.282 e. The van der Waals surface area contributed by atoms with E-state index in [9.17, 15) is 4.79 Å². The summed E-state index contributed by atoms with van der Waals surface area (Å²) in [6.45, 7) is 7.31. The normalized spacial score (nSPS) is 12.9. The van der Waals surface area contributed by atoms with E-state index in [0.29, 0.717) is 13.2 Å². The lowest BCUT2D eigenvalue weighted by atomic mass is 10.1. The Hall–Kier alpha value is -2.53. The molecule has 0 radical (unpaired) electrons. The van der Waals surface area contributed by atoms with Gasteiger partial charge in [-0.15, -0.1) is 0 Å². The summed E-state index contributed by atoms with van der Waals surface area (Å²) < 4.78 is 11.0. The molecule has 2 aromatic carbocycles. The van der Waals surface area contributed by atoms with E-state index >= 15 is 0 Å². The lowest BCUT2D eigenvalue weighted by Gasteiger charge is -2.21. The van der Waals surface area contributed by atoms with Crippen molar-refractivity contribution < 1.29 is 19.2 Å². The maximum Gasteiger partial charge on any atom is 0.282 e. The second-order valence-corrected chi connectivity index (χ2v) is 6.70. The molecule has 0 saturated heterocycles. The number of carbonyl (C=O) groups is 1. The van der Waals surface area contributed by atoms with Crippen molar-refractivity contribution in [3.05, 3.63) is 53.6 Å². The van der Waals surface area contributed by atoms with Crippen LogP contribution in [0.1, 0.15) is 31.9 Å². The summed E-state index contributed by atoms with van der Waals surface area (Å²) in [4.78, 5) is 13.7. The number of quaternary nitrogens is 1. The Morgan fingerprint density at radius 3 is 2.33 bits per heavy atom. The molecule has 1 unspecified atom stereocenters. The molecule has 2 atom stereocenters. The minimum absolute atomic E-state index is 0.00894. The van der Waals surface area contributed by atoms with Crippen molar-refractivity contribution in [1.82, 2.24) is 0 Å². The maximum atomic E-state index is 12.6. The third-order valence-corrected chi connectivity index (χ3v) is 4.77. The van der Waals surface area contributed by atoms with Crippen molar-refractivity contribution in [2.45, 2.75) is 39.8 Å². The first-order valence-electron chi connectivity index (χ1n) is 9.50. The molecular weight excluding hydrogens is 340 g/mol. The fourth-order valence-corrected chi connectivity index (χ4v) is 2.87. The summed E-state index contributed by atoms with van der Waals surface area (Å²) in [7, 11) is 3.66. The molecule has 0 aliphatic carbocycles. The van der Waals surface area contributed by atoms with Gasteiger partial charge >= 0.3 is 0 Å². The van der Waals surface area contributed by atoms with Gasteiger partial charge in [0.25, 0.3) is 5.91 Å². The minimum Gasteiger partial charge on any atom is -0.493 e. The van der Waals surface area contributed by atoms with Crippen molar-refractivity contribution in [1.29, 1.82) is 0 Å². The van der Waals surface area contributed by atoms with Gasteiger partial charge in [0.2, 0.25) is 0 Å². The van der Waals surface area contributed by atoms with Crippen LogP contribution in [-0.2, 0) is 17.8 Å². The third kappa shape index (κ3) is 5.73. The monoisotopic (exact) mass is 371 g/mol. The number of methoxy groups -OCH3 is 1. The van der Waals surface area contributed by atoms with E-state index in [0.717, 1.165) is 34.1 Å². The molecule has 2 rings (SSSR count). The molecule has 2 aromatic rings. The second kappa shape index (κ2) is 9.97. The molecule has 5 heteroatoms. The quantitative estimate of drug-likeness (QED) is 0.713. The third-order valence-electron chi connectivity index (χ3n) is 4.77. The van der Waals surface area contributed by atoms with Crippen LogP contribution in [0.25, 0.3) is 0 Å². The zero-order valence-corrected chi connectivity index (χ0v) is 17.0. The Labute approximate surface area is 162 Å². The van der Waals surface area contributed by atoms with Gasteiger partial charge in [0, 0.05) is 11.3 Å². The van der Waals surface area contributed by atoms with E-state index in [-0.39, 0.29) is 11.9 Å². The molecule has 1 amide bonds. The van der Waals surface area contributed by atoms with Crippen LogP contribution in [0.2, 0.25) is 0 Å². The molecule has 2 N–H and O–H groups in total. The van der Waals surface area contributed by atoms with E-state index in [1.165, 1.54) is 5.56 Å². The summed E-state index contributed by atoms with van der Waals surface area (Å²) >= 11 is 0. The standard InChI is InChI=1S/C22H30N2O3/c1-6-17-8-11-19(12-9-17)23-22(25)16(3)24(4)15-18-10-13-20(27-7-2)21(14-18)26-5/h8-14,16H,6-7,15H2,1-5H3,(H,23,25)/p+1/t16-/m1/s1. The van der Waals surface area contributed by atoms with Crippen LogP contribution < -0.4 is 19.7 Å². The summed E-state index contributed by atoms with van der Waals surface area (Å²) in [5, 5.41) is 3.00. The zero-order chi connectivity index (χ0) is 19.8. The maximum absolute atomic E-state index is 12.6. The molecule has 146 valence electrons.